The van der Waals surface area contributed by atoms with E-state index in [1.165, 1.54) is 0 Å². The molecule has 0 aliphatic heterocycles. The van der Waals surface area contributed by atoms with Crippen LogP contribution in [0.15, 0.2) is 0 Å². The van der Waals surface area contributed by atoms with E-state index in [9.17, 15) is 0 Å². The van der Waals surface area contributed by atoms with E-state index in [0.717, 1.165) is 6.42 Å². The molecule has 0 aromatic rings. The highest BCUT2D eigenvalue weighted by Gasteiger charge is 2.51. The monoisotopic (exact) mass is 235 g/mol. The fraction of sp³-hybridized carbons (Fsp3) is 1.00. The molecule has 0 aliphatic rings. The second kappa shape index (κ2) is 5.96. The van der Waals surface area contributed by atoms with Gasteiger partial charge in [0.05, 0.1) is 0 Å². The Bertz CT molecular complexity index is 170. The first-order valence-corrected chi connectivity index (χ1v) is 7.03. The van der Waals surface area contributed by atoms with Crippen LogP contribution >= 0.6 is 0 Å². The first kappa shape index (κ1) is 15.1. The summed E-state index contributed by atoms with van der Waals surface area (Å²) < 4.78 is 16.5. The molecule has 0 aromatic carbocycles. The lowest BCUT2D eigenvalue weighted by Crippen LogP contribution is -2.52. The minimum absolute atomic E-state index is 0.0631. The topological polar surface area (TPSA) is 53.7 Å². The SMILES string of the molecule is CO[Si](OC)(OC)C(CCN)C(C)(C)C. The van der Waals surface area contributed by atoms with Crippen LogP contribution in [0.4, 0.5) is 0 Å². The lowest BCUT2D eigenvalue weighted by Gasteiger charge is -2.40. The minimum Gasteiger partial charge on any atom is -0.377 e. The second-order valence-corrected chi connectivity index (χ2v) is 7.84. The van der Waals surface area contributed by atoms with E-state index in [1.807, 2.05) is 0 Å². The molecule has 0 rings (SSSR count). The standard InChI is InChI=1S/C10H25NO3Si/c1-10(2,3)9(7-8-11)15(12-4,13-5)14-6/h9H,7-8,11H2,1-6H3. The van der Waals surface area contributed by atoms with Gasteiger partial charge in [-0.25, -0.2) is 0 Å². The van der Waals surface area contributed by atoms with Crippen LogP contribution in [0.1, 0.15) is 27.2 Å². The van der Waals surface area contributed by atoms with Gasteiger partial charge in [0.15, 0.2) is 0 Å². The third-order valence-electron chi connectivity index (χ3n) is 2.78. The van der Waals surface area contributed by atoms with Gasteiger partial charge in [0.25, 0.3) is 0 Å². The van der Waals surface area contributed by atoms with Crippen LogP contribution in [0.3, 0.4) is 0 Å². The van der Waals surface area contributed by atoms with Crippen molar-refractivity contribution < 1.29 is 13.3 Å². The highest BCUT2D eigenvalue weighted by Crippen LogP contribution is 2.42. The Hall–Kier alpha value is 0.0569. The van der Waals surface area contributed by atoms with Crippen molar-refractivity contribution in [3.63, 3.8) is 0 Å². The summed E-state index contributed by atoms with van der Waals surface area (Å²) in [6.07, 6.45) is 0.852. The predicted molar refractivity (Wildman–Crippen MR) is 63.7 cm³/mol. The van der Waals surface area contributed by atoms with Crippen molar-refractivity contribution >= 4 is 8.80 Å². The molecule has 0 saturated carbocycles. The molecule has 1 unspecified atom stereocenters. The van der Waals surface area contributed by atoms with Crippen molar-refractivity contribution in [2.75, 3.05) is 27.9 Å². The summed E-state index contributed by atoms with van der Waals surface area (Å²) in [6.45, 7) is 7.09. The first-order valence-electron chi connectivity index (χ1n) is 5.23. The van der Waals surface area contributed by atoms with Gasteiger partial charge in [-0.15, -0.1) is 0 Å². The molecule has 0 aliphatic carbocycles. The minimum atomic E-state index is -2.58. The summed E-state index contributed by atoms with van der Waals surface area (Å²) in [4.78, 5) is 0. The molecule has 0 fully saturated rings. The molecule has 0 bridgehead atoms. The Balaban J connectivity index is 5.00. The van der Waals surface area contributed by atoms with E-state index in [4.69, 9.17) is 19.0 Å². The van der Waals surface area contributed by atoms with Crippen LogP contribution < -0.4 is 5.73 Å². The van der Waals surface area contributed by atoms with Gasteiger partial charge in [0.1, 0.15) is 0 Å². The first-order chi connectivity index (χ1) is 6.87. The van der Waals surface area contributed by atoms with Gasteiger partial charge in [-0.1, -0.05) is 20.8 Å². The van der Waals surface area contributed by atoms with Crippen LogP contribution in [-0.2, 0) is 13.3 Å². The lowest BCUT2D eigenvalue weighted by molar-refractivity contribution is 0.0894. The summed E-state index contributed by atoms with van der Waals surface area (Å²) >= 11 is 0. The molecule has 1 atom stereocenters. The molecule has 5 heteroatoms. The molecule has 0 spiro atoms. The van der Waals surface area contributed by atoms with Crippen molar-refractivity contribution in [3.05, 3.63) is 0 Å². The molecule has 0 radical (unpaired) electrons. The largest absolute Gasteiger partial charge is 0.504 e. The van der Waals surface area contributed by atoms with Gasteiger partial charge in [0.2, 0.25) is 0 Å². The fourth-order valence-electron chi connectivity index (χ4n) is 1.98. The average molecular weight is 235 g/mol. The molecule has 2 N–H and O–H groups in total. The number of hydrogen-bond acceptors (Lipinski definition) is 4. The third kappa shape index (κ3) is 3.53. The third-order valence-corrected chi connectivity index (χ3v) is 6.50. The fourth-order valence-corrected chi connectivity index (χ4v) is 4.92. The molecule has 92 valence electrons. The molecule has 4 nitrogen and oxygen atoms in total. The highest BCUT2D eigenvalue weighted by molar-refractivity contribution is 6.62. The van der Waals surface area contributed by atoms with E-state index < -0.39 is 8.80 Å². The van der Waals surface area contributed by atoms with Crippen LogP contribution in [-0.4, -0.2) is 36.7 Å². The normalized spacial score (nSPS) is 15.4. The Morgan fingerprint density at radius 3 is 1.67 bits per heavy atom. The van der Waals surface area contributed by atoms with Crippen LogP contribution in [0.25, 0.3) is 0 Å². The quantitative estimate of drug-likeness (QED) is 0.711. The van der Waals surface area contributed by atoms with Gasteiger partial charge >= 0.3 is 8.80 Å². The van der Waals surface area contributed by atoms with Crippen molar-refractivity contribution in [1.82, 2.24) is 0 Å². The summed E-state index contributed by atoms with van der Waals surface area (Å²) in [7, 11) is 2.36. The zero-order chi connectivity index (χ0) is 12.1. The van der Waals surface area contributed by atoms with Crippen LogP contribution in [0, 0.1) is 5.41 Å². The summed E-state index contributed by atoms with van der Waals surface area (Å²) in [5, 5.41) is 0. The summed E-state index contributed by atoms with van der Waals surface area (Å²) in [5.41, 5.74) is 5.92. The van der Waals surface area contributed by atoms with Crippen LogP contribution in [0.2, 0.25) is 5.54 Å². The Labute approximate surface area is 94.5 Å². The zero-order valence-corrected chi connectivity index (χ0v) is 11.8. The van der Waals surface area contributed by atoms with E-state index >= 15 is 0 Å². The number of nitrogens with two attached hydrogens (primary N) is 1. The molecule has 15 heavy (non-hydrogen) atoms. The molecule has 0 amide bonds. The molecule has 0 saturated heterocycles. The maximum atomic E-state index is 5.64. The zero-order valence-electron chi connectivity index (χ0n) is 10.8. The Morgan fingerprint density at radius 1 is 1.07 bits per heavy atom. The van der Waals surface area contributed by atoms with Gasteiger partial charge in [-0.3, -0.25) is 0 Å². The number of rotatable bonds is 6. The van der Waals surface area contributed by atoms with Gasteiger partial charge < -0.3 is 19.0 Å². The van der Waals surface area contributed by atoms with Gasteiger partial charge in [-0.2, -0.15) is 0 Å². The van der Waals surface area contributed by atoms with Crippen LogP contribution in [0.5, 0.6) is 0 Å². The predicted octanol–water partition coefficient (Wildman–Crippen LogP) is 1.63. The Morgan fingerprint density at radius 2 is 1.47 bits per heavy atom. The molecular weight excluding hydrogens is 210 g/mol. The molecule has 0 heterocycles. The van der Waals surface area contributed by atoms with Crippen molar-refractivity contribution in [2.45, 2.75) is 32.7 Å². The van der Waals surface area contributed by atoms with Gasteiger partial charge in [0, 0.05) is 26.9 Å². The second-order valence-electron chi connectivity index (χ2n) is 4.71. The maximum absolute atomic E-state index is 5.64. The summed E-state index contributed by atoms with van der Waals surface area (Å²) in [5.74, 6) is 0. The molecule has 0 aromatic heterocycles. The Kier molecular flexibility index (Phi) is 5.98. The van der Waals surface area contributed by atoms with E-state index in [1.54, 1.807) is 21.3 Å². The van der Waals surface area contributed by atoms with E-state index in [0.29, 0.717) is 6.54 Å². The van der Waals surface area contributed by atoms with Gasteiger partial charge in [-0.05, 0) is 18.4 Å². The van der Waals surface area contributed by atoms with Crippen molar-refractivity contribution in [2.24, 2.45) is 11.1 Å². The maximum Gasteiger partial charge on any atom is 0.504 e. The lowest BCUT2D eigenvalue weighted by atomic mass is 9.90. The van der Waals surface area contributed by atoms with E-state index in [-0.39, 0.29) is 11.0 Å². The van der Waals surface area contributed by atoms with E-state index in [2.05, 4.69) is 20.8 Å². The van der Waals surface area contributed by atoms with Crippen molar-refractivity contribution in [1.29, 1.82) is 0 Å². The smallest absolute Gasteiger partial charge is 0.377 e. The summed E-state index contributed by atoms with van der Waals surface area (Å²) in [6, 6.07) is 0. The number of hydrogen-bond donors (Lipinski definition) is 1. The average Bonchev–Trinajstić information content (AvgIpc) is 2.18. The van der Waals surface area contributed by atoms with Crippen molar-refractivity contribution in [3.8, 4) is 0 Å². The molecular formula is C10H25NO3Si. The highest BCUT2D eigenvalue weighted by atomic mass is 28.4.